The van der Waals surface area contributed by atoms with Crippen molar-refractivity contribution in [1.29, 1.82) is 0 Å². The van der Waals surface area contributed by atoms with Crippen molar-refractivity contribution in [1.82, 2.24) is 4.90 Å². The van der Waals surface area contributed by atoms with Gasteiger partial charge >= 0.3 is 0 Å². The monoisotopic (exact) mass is 247 g/mol. The molecule has 1 saturated carbocycles. The summed E-state index contributed by atoms with van der Waals surface area (Å²) >= 11 is 0. The molecule has 0 unspecified atom stereocenters. The van der Waals surface area contributed by atoms with Gasteiger partial charge in [0, 0.05) is 6.04 Å². The van der Waals surface area contributed by atoms with Crippen LogP contribution in [0.3, 0.4) is 0 Å². The lowest BCUT2D eigenvalue weighted by molar-refractivity contribution is 0.0537. The molecule has 1 aliphatic carbocycles. The van der Waals surface area contributed by atoms with E-state index in [2.05, 4.69) is 4.90 Å². The summed E-state index contributed by atoms with van der Waals surface area (Å²) in [5.74, 6) is 0. The van der Waals surface area contributed by atoms with Crippen LogP contribution in [-0.2, 0) is 14.3 Å². The first-order valence-electron chi connectivity index (χ1n) is 6.18. The second kappa shape index (κ2) is 5.02. The van der Waals surface area contributed by atoms with Crippen LogP contribution < -0.4 is 0 Å². The lowest BCUT2D eigenvalue weighted by atomic mass is 9.91. The Bertz CT molecular complexity index is 322. The number of hydrogen-bond donors (Lipinski definition) is 0. The maximum Gasteiger partial charge on any atom is 0.264 e. The van der Waals surface area contributed by atoms with Crippen LogP contribution >= 0.6 is 0 Å². The highest BCUT2D eigenvalue weighted by molar-refractivity contribution is 7.86. The van der Waals surface area contributed by atoms with Gasteiger partial charge in [0.05, 0.1) is 12.4 Å². The second-order valence-corrected chi connectivity index (χ2v) is 6.53. The summed E-state index contributed by atoms with van der Waals surface area (Å²) in [6, 6.07) is 0.325. The molecule has 0 radical (unpaired) electrons. The first-order valence-corrected chi connectivity index (χ1v) is 8.00. The van der Waals surface area contributed by atoms with E-state index in [1.54, 1.807) is 0 Å². The van der Waals surface area contributed by atoms with Crippen molar-refractivity contribution in [2.45, 2.75) is 50.7 Å². The first kappa shape index (κ1) is 12.3. The van der Waals surface area contributed by atoms with Crippen LogP contribution in [0.2, 0.25) is 0 Å². The van der Waals surface area contributed by atoms with Crippen LogP contribution in [-0.4, -0.2) is 44.8 Å². The fourth-order valence-electron chi connectivity index (χ4n) is 2.90. The average Bonchev–Trinajstić information content (AvgIpc) is 2.69. The van der Waals surface area contributed by atoms with Gasteiger partial charge in [0.15, 0.2) is 0 Å². The van der Waals surface area contributed by atoms with Crippen LogP contribution in [0.5, 0.6) is 0 Å². The Kier molecular flexibility index (Phi) is 3.87. The lowest BCUT2D eigenvalue weighted by Crippen LogP contribution is -2.45. The largest absolute Gasteiger partial charge is 0.298 e. The van der Waals surface area contributed by atoms with E-state index < -0.39 is 10.1 Å². The number of rotatable bonds is 3. The fourth-order valence-corrected chi connectivity index (χ4v) is 3.58. The van der Waals surface area contributed by atoms with E-state index in [0.29, 0.717) is 6.04 Å². The van der Waals surface area contributed by atoms with Crippen LogP contribution in [0.25, 0.3) is 0 Å². The molecule has 1 saturated heterocycles. The van der Waals surface area contributed by atoms with E-state index in [1.165, 1.54) is 19.3 Å². The molecule has 0 amide bonds. The molecule has 16 heavy (non-hydrogen) atoms. The molecule has 0 aromatic carbocycles. The van der Waals surface area contributed by atoms with E-state index in [4.69, 9.17) is 4.18 Å². The maximum absolute atomic E-state index is 11.2. The molecular weight excluding hydrogens is 226 g/mol. The quantitative estimate of drug-likeness (QED) is 0.707. The molecule has 2 fully saturated rings. The van der Waals surface area contributed by atoms with Gasteiger partial charge in [-0.3, -0.25) is 9.08 Å². The standard InChI is InChI=1S/C11H21NO3S/c1-16(13,14)15-11-7-3-2-6-10(11)12-8-4-5-9-12/h10-11H,2-9H2,1H3/t10-,11-/m0/s1. The summed E-state index contributed by atoms with van der Waals surface area (Å²) in [6.45, 7) is 2.21. The summed E-state index contributed by atoms with van der Waals surface area (Å²) in [5, 5.41) is 0. The van der Waals surface area contributed by atoms with E-state index in [9.17, 15) is 8.42 Å². The minimum atomic E-state index is -3.31. The summed E-state index contributed by atoms with van der Waals surface area (Å²) in [5.41, 5.74) is 0. The van der Waals surface area contributed by atoms with Crippen LogP contribution in [0.15, 0.2) is 0 Å². The van der Waals surface area contributed by atoms with Gasteiger partial charge in [0.2, 0.25) is 0 Å². The predicted molar refractivity (Wildman–Crippen MR) is 62.8 cm³/mol. The third-order valence-corrected chi connectivity index (χ3v) is 4.17. The Morgan fingerprint density at radius 3 is 2.31 bits per heavy atom. The normalized spacial score (nSPS) is 33.1. The maximum atomic E-state index is 11.2. The van der Waals surface area contributed by atoms with Gasteiger partial charge in [-0.15, -0.1) is 0 Å². The molecule has 1 aliphatic heterocycles. The van der Waals surface area contributed by atoms with Crippen molar-refractivity contribution in [2.75, 3.05) is 19.3 Å². The Morgan fingerprint density at radius 1 is 1.06 bits per heavy atom. The van der Waals surface area contributed by atoms with Gasteiger partial charge in [-0.05, 0) is 38.8 Å². The number of hydrogen-bond acceptors (Lipinski definition) is 4. The van der Waals surface area contributed by atoms with Crippen molar-refractivity contribution in [3.63, 3.8) is 0 Å². The molecule has 5 heteroatoms. The molecule has 94 valence electrons. The molecule has 0 spiro atoms. The van der Waals surface area contributed by atoms with Crippen molar-refractivity contribution in [3.8, 4) is 0 Å². The second-order valence-electron chi connectivity index (χ2n) is 4.93. The van der Waals surface area contributed by atoms with Crippen molar-refractivity contribution in [2.24, 2.45) is 0 Å². The summed E-state index contributed by atoms with van der Waals surface area (Å²) in [7, 11) is -3.31. The average molecular weight is 247 g/mol. The summed E-state index contributed by atoms with van der Waals surface area (Å²) in [6.07, 6.45) is 7.78. The number of nitrogens with zero attached hydrogens (tertiary/aromatic N) is 1. The van der Waals surface area contributed by atoms with Gasteiger partial charge in [-0.1, -0.05) is 12.8 Å². The smallest absolute Gasteiger partial charge is 0.264 e. The Labute approximate surface area is 98.1 Å². The van der Waals surface area contributed by atoms with Crippen LogP contribution in [0, 0.1) is 0 Å². The zero-order valence-corrected chi connectivity index (χ0v) is 10.7. The third-order valence-electron chi connectivity index (χ3n) is 3.58. The Hall–Kier alpha value is -0.130. The molecule has 0 aromatic rings. The van der Waals surface area contributed by atoms with E-state index in [1.807, 2.05) is 0 Å². The van der Waals surface area contributed by atoms with Gasteiger partial charge in [-0.25, -0.2) is 0 Å². The minimum absolute atomic E-state index is 0.109. The lowest BCUT2D eigenvalue weighted by Gasteiger charge is -2.36. The van der Waals surface area contributed by atoms with Crippen LogP contribution in [0.4, 0.5) is 0 Å². The molecule has 4 nitrogen and oxygen atoms in total. The van der Waals surface area contributed by atoms with Gasteiger partial charge in [-0.2, -0.15) is 8.42 Å². The van der Waals surface area contributed by atoms with E-state index in [0.717, 1.165) is 38.6 Å². The predicted octanol–water partition coefficient (Wildman–Crippen LogP) is 1.37. The van der Waals surface area contributed by atoms with E-state index >= 15 is 0 Å². The summed E-state index contributed by atoms with van der Waals surface area (Å²) in [4.78, 5) is 2.41. The summed E-state index contributed by atoms with van der Waals surface area (Å²) < 4.78 is 27.7. The SMILES string of the molecule is CS(=O)(=O)O[C@H]1CCCC[C@@H]1N1CCCC1. The van der Waals surface area contributed by atoms with Gasteiger partial charge in [0.25, 0.3) is 10.1 Å². The molecule has 2 atom stereocenters. The minimum Gasteiger partial charge on any atom is -0.298 e. The van der Waals surface area contributed by atoms with Crippen molar-refractivity contribution in [3.05, 3.63) is 0 Å². The Balaban J connectivity index is 2.01. The third kappa shape index (κ3) is 3.18. The zero-order valence-electron chi connectivity index (χ0n) is 9.89. The van der Waals surface area contributed by atoms with Gasteiger partial charge < -0.3 is 0 Å². The highest BCUT2D eigenvalue weighted by Crippen LogP contribution is 2.28. The molecule has 1 heterocycles. The molecular formula is C11H21NO3S. The molecule has 0 bridgehead atoms. The van der Waals surface area contributed by atoms with E-state index in [-0.39, 0.29) is 6.10 Å². The molecule has 0 N–H and O–H groups in total. The highest BCUT2D eigenvalue weighted by atomic mass is 32.2. The molecule has 2 rings (SSSR count). The zero-order chi connectivity index (χ0) is 11.6. The number of likely N-dealkylation sites (tertiary alicyclic amines) is 1. The highest BCUT2D eigenvalue weighted by Gasteiger charge is 2.34. The topological polar surface area (TPSA) is 46.6 Å². The Morgan fingerprint density at radius 2 is 1.69 bits per heavy atom. The van der Waals surface area contributed by atoms with Crippen LogP contribution in [0.1, 0.15) is 38.5 Å². The van der Waals surface area contributed by atoms with Crippen molar-refractivity contribution < 1.29 is 12.6 Å². The first-order chi connectivity index (χ1) is 7.56. The molecule has 0 aromatic heterocycles. The molecule has 2 aliphatic rings. The van der Waals surface area contributed by atoms with Crippen molar-refractivity contribution >= 4 is 10.1 Å². The fraction of sp³-hybridized carbons (Fsp3) is 1.00. The van der Waals surface area contributed by atoms with Gasteiger partial charge in [0.1, 0.15) is 0 Å².